The lowest BCUT2D eigenvalue weighted by molar-refractivity contribution is -0.131. The number of fused-ring (bicyclic) bond motifs is 3. The van der Waals surface area contributed by atoms with Crippen molar-refractivity contribution >= 4 is 27.9 Å². The molecule has 0 amide bonds. The number of hydrogen-bond acceptors (Lipinski definition) is 5. The van der Waals surface area contributed by atoms with E-state index in [1.165, 1.54) is 6.92 Å². The Hall–Kier alpha value is -2.83. The molecule has 0 saturated carbocycles. The van der Waals surface area contributed by atoms with Crippen molar-refractivity contribution < 1.29 is 13.9 Å². The lowest BCUT2D eigenvalue weighted by Gasteiger charge is -2.06. The molecule has 7 heteroatoms. The van der Waals surface area contributed by atoms with Crippen LogP contribution in [0.5, 0.6) is 5.75 Å². The van der Waals surface area contributed by atoms with Gasteiger partial charge in [0.15, 0.2) is 0 Å². The van der Waals surface area contributed by atoms with Crippen LogP contribution in [0, 0.1) is 0 Å². The molecule has 0 aliphatic carbocycles. The Kier molecular flexibility index (Phi) is 3.77. The van der Waals surface area contributed by atoms with E-state index in [2.05, 4.69) is 16.3 Å². The molecule has 0 radical (unpaired) electrons. The number of esters is 1. The van der Waals surface area contributed by atoms with Crippen LogP contribution >= 0.6 is 0 Å². The van der Waals surface area contributed by atoms with Crippen LogP contribution in [0.1, 0.15) is 26.7 Å². The minimum absolute atomic E-state index is 0.282. The minimum Gasteiger partial charge on any atom is -0.427 e. The molecule has 2 heterocycles. The number of nitrogens with zero attached hydrogens (tertiary/aromatic N) is 1. The molecule has 0 unspecified atom stereocenters. The topological polar surface area (TPSA) is 94.3 Å². The van der Waals surface area contributed by atoms with Gasteiger partial charge in [0, 0.05) is 18.9 Å². The normalized spacial score (nSPS) is 11.2. The molecule has 120 valence electrons. The first-order valence-corrected chi connectivity index (χ1v) is 7.39. The number of aromatic nitrogens is 2. The number of carbonyl (C=O) groups excluding carboxylic acids is 1. The molecule has 0 spiro atoms. The van der Waals surface area contributed by atoms with Crippen molar-refractivity contribution in [2.45, 2.75) is 33.2 Å². The summed E-state index contributed by atoms with van der Waals surface area (Å²) in [5.41, 5.74) is 0.497. The summed E-state index contributed by atoms with van der Waals surface area (Å²) in [6, 6.07) is 5.03. The molecule has 7 nitrogen and oxygen atoms in total. The highest BCUT2D eigenvalue weighted by atomic mass is 16.5. The Bertz CT molecular complexity index is 1010. The fraction of sp³-hybridized carbons (Fsp3) is 0.312. The number of unbranched alkanes of at least 4 members (excludes halogenated alkanes) is 1. The predicted octanol–water partition coefficient (Wildman–Crippen LogP) is 2.16. The van der Waals surface area contributed by atoms with Crippen LogP contribution in [-0.2, 0) is 11.3 Å². The van der Waals surface area contributed by atoms with Crippen LogP contribution in [-0.4, -0.2) is 15.5 Å². The smallest absolute Gasteiger partial charge is 0.420 e. The Morgan fingerprint density at radius 3 is 2.83 bits per heavy atom. The van der Waals surface area contributed by atoms with E-state index in [0.717, 1.165) is 18.4 Å². The molecule has 0 fully saturated rings. The number of hydrogen-bond donors (Lipinski definition) is 1. The Labute approximate surface area is 130 Å². The zero-order valence-electron chi connectivity index (χ0n) is 12.8. The maximum atomic E-state index is 12.1. The second-order valence-electron chi connectivity index (χ2n) is 5.30. The fourth-order valence-corrected chi connectivity index (χ4v) is 2.71. The van der Waals surface area contributed by atoms with Crippen molar-refractivity contribution in [1.82, 2.24) is 9.55 Å². The van der Waals surface area contributed by atoms with Gasteiger partial charge in [-0.05, 0) is 24.6 Å². The molecule has 0 atom stereocenters. The molecule has 0 bridgehead atoms. The van der Waals surface area contributed by atoms with E-state index in [9.17, 15) is 14.4 Å². The summed E-state index contributed by atoms with van der Waals surface area (Å²) in [6.07, 6.45) is 1.87. The highest BCUT2D eigenvalue weighted by Gasteiger charge is 2.17. The first-order valence-electron chi connectivity index (χ1n) is 7.39. The third kappa shape index (κ3) is 2.65. The predicted molar refractivity (Wildman–Crippen MR) is 84.8 cm³/mol. The van der Waals surface area contributed by atoms with Crippen molar-refractivity contribution in [3.05, 3.63) is 39.2 Å². The van der Waals surface area contributed by atoms with Crippen molar-refractivity contribution in [3.8, 4) is 5.75 Å². The Balaban J connectivity index is 2.36. The monoisotopic (exact) mass is 316 g/mol. The van der Waals surface area contributed by atoms with Crippen LogP contribution in [0.3, 0.4) is 0 Å². The van der Waals surface area contributed by atoms with Crippen molar-refractivity contribution in [2.24, 2.45) is 0 Å². The van der Waals surface area contributed by atoms with Gasteiger partial charge in [-0.15, -0.1) is 0 Å². The number of aryl methyl sites for hydroxylation is 1. The molecule has 0 aliphatic heterocycles. The summed E-state index contributed by atoms with van der Waals surface area (Å²) in [5, 5.41) is 0.865. The van der Waals surface area contributed by atoms with Crippen molar-refractivity contribution in [2.75, 3.05) is 0 Å². The van der Waals surface area contributed by atoms with Gasteiger partial charge in [-0.1, -0.05) is 13.3 Å². The maximum Gasteiger partial charge on any atom is 0.420 e. The molecule has 2 aromatic heterocycles. The molecule has 3 aromatic rings. The van der Waals surface area contributed by atoms with E-state index in [4.69, 9.17) is 4.74 Å². The third-order valence-electron chi connectivity index (χ3n) is 3.64. The molecule has 23 heavy (non-hydrogen) atoms. The number of benzene rings is 1. The Morgan fingerprint density at radius 2 is 2.13 bits per heavy atom. The van der Waals surface area contributed by atoms with Gasteiger partial charge in [0.25, 0.3) is 0 Å². The second kappa shape index (κ2) is 5.75. The molecular formula is C16H16N2O5. The van der Waals surface area contributed by atoms with Crippen LogP contribution in [0.4, 0.5) is 0 Å². The van der Waals surface area contributed by atoms with Gasteiger partial charge in [0.2, 0.25) is 0 Å². The van der Waals surface area contributed by atoms with E-state index in [0.29, 0.717) is 23.3 Å². The highest BCUT2D eigenvalue weighted by Crippen LogP contribution is 2.29. The standard InChI is InChI=1S/C16H16N2O5/c1-3-4-7-18-12-6-5-10(22-9(2)19)8-11(12)13-14(18)17-16(21)23-15(13)20/h5-6,8H,3-4,7H2,1-2H3,(H,17,21). The average Bonchev–Trinajstić information content (AvgIpc) is 2.77. The van der Waals surface area contributed by atoms with Crippen LogP contribution in [0.2, 0.25) is 0 Å². The fourth-order valence-electron chi connectivity index (χ4n) is 2.71. The van der Waals surface area contributed by atoms with Gasteiger partial charge in [-0.3, -0.25) is 9.78 Å². The van der Waals surface area contributed by atoms with Gasteiger partial charge < -0.3 is 13.7 Å². The van der Waals surface area contributed by atoms with Crippen molar-refractivity contribution in [3.63, 3.8) is 0 Å². The van der Waals surface area contributed by atoms with E-state index in [1.54, 1.807) is 18.2 Å². The summed E-state index contributed by atoms with van der Waals surface area (Å²) < 4.78 is 11.6. The summed E-state index contributed by atoms with van der Waals surface area (Å²) >= 11 is 0. The molecule has 0 aliphatic rings. The lowest BCUT2D eigenvalue weighted by atomic mass is 10.2. The largest absolute Gasteiger partial charge is 0.427 e. The van der Waals surface area contributed by atoms with Gasteiger partial charge in [0.05, 0.1) is 5.52 Å². The minimum atomic E-state index is -0.789. The third-order valence-corrected chi connectivity index (χ3v) is 3.64. The number of carbonyl (C=O) groups is 1. The number of aromatic amines is 1. The molecule has 0 saturated heterocycles. The van der Waals surface area contributed by atoms with E-state index < -0.39 is 17.4 Å². The molecular weight excluding hydrogens is 300 g/mol. The highest BCUT2D eigenvalue weighted by molar-refractivity contribution is 6.06. The molecule has 3 rings (SSSR count). The summed E-state index contributed by atoms with van der Waals surface area (Å²) in [5.74, 6) is -0.895. The Morgan fingerprint density at radius 1 is 1.35 bits per heavy atom. The van der Waals surface area contributed by atoms with Gasteiger partial charge in [-0.25, -0.2) is 9.59 Å². The summed E-state index contributed by atoms with van der Waals surface area (Å²) in [7, 11) is 0. The zero-order chi connectivity index (χ0) is 16.6. The summed E-state index contributed by atoms with van der Waals surface area (Å²) in [4.78, 5) is 37.3. The first-order chi connectivity index (χ1) is 11.0. The quantitative estimate of drug-likeness (QED) is 0.588. The second-order valence-corrected chi connectivity index (χ2v) is 5.30. The first kappa shape index (κ1) is 15.1. The van der Waals surface area contributed by atoms with Crippen LogP contribution < -0.4 is 16.1 Å². The number of rotatable bonds is 4. The number of nitrogens with one attached hydrogen (secondary N) is 1. The number of H-pyrrole nitrogens is 1. The van der Waals surface area contributed by atoms with E-state index in [-0.39, 0.29) is 5.39 Å². The van der Waals surface area contributed by atoms with Gasteiger partial charge in [0.1, 0.15) is 16.8 Å². The average molecular weight is 316 g/mol. The van der Waals surface area contributed by atoms with Gasteiger partial charge >= 0.3 is 17.4 Å². The molecule has 1 aromatic carbocycles. The maximum absolute atomic E-state index is 12.1. The van der Waals surface area contributed by atoms with Crippen LogP contribution in [0.15, 0.2) is 32.2 Å². The SMILES string of the molecule is CCCCn1c2ccc(OC(C)=O)cc2c2c(=O)oc(=O)[nH]c21. The van der Waals surface area contributed by atoms with Crippen LogP contribution in [0.25, 0.3) is 21.9 Å². The van der Waals surface area contributed by atoms with E-state index >= 15 is 0 Å². The van der Waals surface area contributed by atoms with E-state index in [1.807, 2.05) is 4.57 Å². The summed E-state index contributed by atoms with van der Waals surface area (Å²) in [6.45, 7) is 4.02. The molecule has 1 N–H and O–H groups in total. The van der Waals surface area contributed by atoms with Gasteiger partial charge in [-0.2, -0.15) is 0 Å². The lowest BCUT2D eigenvalue weighted by Crippen LogP contribution is -2.15. The number of ether oxygens (including phenoxy) is 1. The zero-order valence-corrected chi connectivity index (χ0v) is 12.8. The van der Waals surface area contributed by atoms with Crippen molar-refractivity contribution in [1.29, 1.82) is 0 Å².